The predicted molar refractivity (Wildman–Crippen MR) is 186 cm³/mol. The van der Waals surface area contributed by atoms with Gasteiger partial charge < -0.3 is 25.6 Å². The van der Waals surface area contributed by atoms with Crippen molar-refractivity contribution in [1.29, 1.82) is 0 Å². The van der Waals surface area contributed by atoms with E-state index in [1.807, 2.05) is 37.3 Å². The minimum Gasteiger partial charge on any atom is -0.487 e. The van der Waals surface area contributed by atoms with Crippen LogP contribution in [0.4, 0.5) is 21.9 Å². The molecule has 0 spiro atoms. The number of nitrogens with one attached hydrogen (secondary N) is 3. The molecule has 0 saturated carbocycles. The molecule has 3 aromatic carbocycles. The molecule has 2 aromatic heterocycles. The van der Waals surface area contributed by atoms with Crippen LogP contribution >= 0.6 is 23.2 Å². The van der Waals surface area contributed by atoms with Gasteiger partial charge in [0.2, 0.25) is 11.8 Å². The summed E-state index contributed by atoms with van der Waals surface area (Å²) in [4.78, 5) is 47.5. The highest BCUT2D eigenvalue weighted by Crippen LogP contribution is 2.35. The average molecular weight is 670 g/mol. The third kappa shape index (κ3) is 8.63. The Balaban J connectivity index is 1.14. The normalized spacial score (nSPS) is 10.9. The van der Waals surface area contributed by atoms with Gasteiger partial charge in [-0.25, -0.2) is 9.78 Å². The van der Waals surface area contributed by atoms with E-state index in [0.717, 1.165) is 22.2 Å². The van der Waals surface area contributed by atoms with Crippen molar-refractivity contribution in [3.8, 4) is 5.75 Å². The van der Waals surface area contributed by atoms with Crippen LogP contribution < -0.4 is 25.6 Å². The molecule has 12 heteroatoms. The Labute approximate surface area is 281 Å². The van der Waals surface area contributed by atoms with Gasteiger partial charge in [-0.1, -0.05) is 53.5 Å². The van der Waals surface area contributed by atoms with Crippen molar-refractivity contribution < 1.29 is 19.1 Å². The van der Waals surface area contributed by atoms with Gasteiger partial charge in [0, 0.05) is 46.7 Å². The number of fused-ring (bicyclic) bond motifs is 1. The van der Waals surface area contributed by atoms with Gasteiger partial charge in [0.25, 0.3) is 0 Å². The van der Waals surface area contributed by atoms with E-state index in [9.17, 15) is 14.4 Å². The quantitative estimate of drug-likeness (QED) is 0.135. The van der Waals surface area contributed by atoms with E-state index in [1.54, 1.807) is 67.9 Å². The van der Waals surface area contributed by atoms with Crippen molar-refractivity contribution in [2.75, 3.05) is 29.1 Å². The van der Waals surface area contributed by atoms with E-state index in [4.69, 9.17) is 27.9 Å². The van der Waals surface area contributed by atoms with E-state index in [-0.39, 0.29) is 18.2 Å². The molecule has 5 rings (SSSR count). The van der Waals surface area contributed by atoms with Crippen LogP contribution in [-0.2, 0) is 16.2 Å². The highest BCUT2D eigenvalue weighted by Gasteiger charge is 2.19. The summed E-state index contributed by atoms with van der Waals surface area (Å²) in [5.41, 5.74) is 4.37. The van der Waals surface area contributed by atoms with E-state index in [1.165, 1.54) is 17.2 Å². The number of ether oxygens (including phenoxy) is 1. The van der Waals surface area contributed by atoms with Crippen molar-refractivity contribution in [2.24, 2.45) is 0 Å². The van der Waals surface area contributed by atoms with Crippen molar-refractivity contribution >= 4 is 75.1 Å². The fourth-order valence-electron chi connectivity index (χ4n) is 4.51. The zero-order chi connectivity index (χ0) is 33.3. The average Bonchev–Trinajstić information content (AvgIpc) is 3.07. The number of halogens is 2. The molecule has 5 aromatic rings. The number of rotatable bonds is 10. The van der Waals surface area contributed by atoms with E-state index < -0.39 is 17.8 Å². The molecule has 238 valence electrons. The summed E-state index contributed by atoms with van der Waals surface area (Å²) >= 11 is 13.2. The highest BCUT2D eigenvalue weighted by atomic mass is 35.5. The van der Waals surface area contributed by atoms with Crippen LogP contribution in [0.15, 0.2) is 97.3 Å². The minimum absolute atomic E-state index is 0.0550. The lowest BCUT2D eigenvalue weighted by Crippen LogP contribution is -2.37. The number of hydrogen-bond donors (Lipinski definition) is 3. The van der Waals surface area contributed by atoms with Gasteiger partial charge in [-0.2, -0.15) is 0 Å². The fraction of sp³-hybridized carbons (Fsp3) is 0.114. The van der Waals surface area contributed by atoms with Crippen LogP contribution in [0, 0.1) is 6.92 Å². The van der Waals surface area contributed by atoms with Crippen molar-refractivity contribution in [1.82, 2.24) is 15.3 Å². The molecule has 4 amide bonds. The lowest BCUT2D eigenvalue weighted by atomic mass is 10.1. The molecule has 0 bridgehead atoms. The summed E-state index contributed by atoms with van der Waals surface area (Å²) in [5, 5.41) is 9.58. The zero-order valence-corrected chi connectivity index (χ0v) is 27.0. The monoisotopic (exact) mass is 668 g/mol. The summed E-state index contributed by atoms with van der Waals surface area (Å²) in [6, 6.07) is 22.8. The third-order valence-corrected chi connectivity index (χ3v) is 7.80. The second kappa shape index (κ2) is 15.2. The number of carbonyl (C=O) groups excluding carboxylic acids is 3. The Morgan fingerprint density at radius 3 is 2.47 bits per heavy atom. The number of carbonyl (C=O) groups is 3. The lowest BCUT2D eigenvalue weighted by molar-refractivity contribution is -0.122. The van der Waals surface area contributed by atoms with Crippen LogP contribution in [0.2, 0.25) is 10.0 Å². The predicted octanol–water partition coefficient (Wildman–Crippen LogP) is 7.26. The first-order valence-corrected chi connectivity index (χ1v) is 15.2. The van der Waals surface area contributed by atoms with Crippen molar-refractivity contribution in [3.63, 3.8) is 0 Å². The maximum Gasteiger partial charge on any atom is 0.323 e. The second-order valence-corrected chi connectivity index (χ2v) is 11.2. The molecule has 0 aliphatic carbocycles. The molecule has 0 aliphatic rings. The number of likely N-dealkylation sites (N-methyl/N-ethyl adjacent to an activating group) is 1. The largest absolute Gasteiger partial charge is 0.487 e. The van der Waals surface area contributed by atoms with Gasteiger partial charge in [0.1, 0.15) is 17.9 Å². The molecule has 0 saturated heterocycles. The minimum atomic E-state index is -0.458. The number of amides is 4. The standard InChI is InChI=1S/C35H30Cl2N6O4/c1-22-8-12-24-5-3-7-30(34(24)40-22)47-21-27-28(36)15-16-29(33(27)37)43(2)32(45)20-39-31(44)17-11-23-9-13-25(14-10-23)41-35(46)42-26-6-4-18-38-19-26/h3-19H,20-21H2,1-2H3,(H,39,44)(H2,41,42,46)/b17-11+. The number of nitrogens with zero attached hydrogens (tertiary/aromatic N) is 3. The molecule has 0 fully saturated rings. The lowest BCUT2D eigenvalue weighted by Gasteiger charge is -2.21. The highest BCUT2D eigenvalue weighted by molar-refractivity contribution is 6.38. The van der Waals surface area contributed by atoms with Gasteiger partial charge in [-0.3, -0.25) is 14.6 Å². The number of aromatic nitrogens is 2. The van der Waals surface area contributed by atoms with Crippen LogP contribution in [0.3, 0.4) is 0 Å². The maximum atomic E-state index is 13.0. The Bertz CT molecular complexity index is 1950. The smallest absolute Gasteiger partial charge is 0.323 e. The molecule has 0 radical (unpaired) electrons. The third-order valence-electron chi connectivity index (χ3n) is 7.02. The van der Waals surface area contributed by atoms with E-state index in [2.05, 4.69) is 25.9 Å². The number of benzene rings is 3. The van der Waals surface area contributed by atoms with Gasteiger partial charge in [0.05, 0.1) is 29.1 Å². The Morgan fingerprint density at radius 2 is 1.70 bits per heavy atom. The SMILES string of the molecule is Cc1ccc2cccc(OCc3c(Cl)ccc(N(C)C(=O)CNC(=O)/C=C/c4ccc(NC(=O)Nc5cccnc5)cc4)c3Cl)c2n1. The molecule has 47 heavy (non-hydrogen) atoms. The molecule has 0 aliphatic heterocycles. The fourth-order valence-corrected chi connectivity index (χ4v) is 5.12. The molecular formula is C35H30Cl2N6O4. The molecule has 2 heterocycles. The molecular weight excluding hydrogens is 639 g/mol. The van der Waals surface area contributed by atoms with E-state index >= 15 is 0 Å². The Hall–Kier alpha value is -5.45. The molecule has 0 unspecified atom stereocenters. The Kier molecular flexibility index (Phi) is 10.7. The van der Waals surface area contributed by atoms with Crippen LogP contribution in [0.1, 0.15) is 16.8 Å². The second-order valence-electron chi connectivity index (χ2n) is 10.4. The zero-order valence-electron chi connectivity index (χ0n) is 25.5. The first-order valence-electron chi connectivity index (χ1n) is 14.4. The van der Waals surface area contributed by atoms with Crippen LogP contribution in [0.25, 0.3) is 17.0 Å². The molecule has 3 N–H and O–H groups in total. The van der Waals surface area contributed by atoms with Gasteiger partial charge in [0.15, 0.2) is 0 Å². The van der Waals surface area contributed by atoms with Gasteiger partial charge >= 0.3 is 6.03 Å². The molecule has 10 nitrogen and oxygen atoms in total. The van der Waals surface area contributed by atoms with Crippen LogP contribution in [0.5, 0.6) is 5.75 Å². The van der Waals surface area contributed by atoms with Crippen molar-refractivity contribution in [3.05, 3.63) is 124 Å². The van der Waals surface area contributed by atoms with Crippen LogP contribution in [-0.4, -0.2) is 41.4 Å². The first-order chi connectivity index (χ1) is 22.7. The number of urea groups is 1. The molecule has 0 atom stereocenters. The number of hydrogen-bond acceptors (Lipinski definition) is 6. The summed E-state index contributed by atoms with van der Waals surface area (Å²) in [5.74, 6) is -0.266. The summed E-state index contributed by atoms with van der Waals surface area (Å²) < 4.78 is 6.08. The number of anilines is 3. The number of aryl methyl sites for hydroxylation is 1. The van der Waals surface area contributed by atoms with E-state index in [0.29, 0.717) is 33.4 Å². The summed E-state index contributed by atoms with van der Waals surface area (Å²) in [6.45, 7) is 1.70. The first kappa shape index (κ1) is 32.9. The Morgan fingerprint density at radius 1 is 0.915 bits per heavy atom. The van der Waals surface area contributed by atoms with Crippen molar-refractivity contribution in [2.45, 2.75) is 13.5 Å². The van der Waals surface area contributed by atoms with Gasteiger partial charge in [-0.15, -0.1) is 0 Å². The summed E-state index contributed by atoms with van der Waals surface area (Å²) in [7, 11) is 1.56. The number of para-hydroxylation sites is 1. The number of pyridine rings is 2. The summed E-state index contributed by atoms with van der Waals surface area (Å²) in [6.07, 6.45) is 6.07. The van der Waals surface area contributed by atoms with Gasteiger partial charge in [-0.05, 0) is 67.1 Å². The topological polar surface area (TPSA) is 126 Å². The maximum absolute atomic E-state index is 13.0.